The molecule has 0 N–H and O–H groups in total. The highest BCUT2D eigenvalue weighted by Crippen LogP contribution is 2.52. The topological polar surface area (TPSA) is 65.1 Å². The lowest BCUT2D eigenvalue weighted by molar-refractivity contribution is -0.142. The second kappa shape index (κ2) is 10.7. The van der Waals surface area contributed by atoms with Crippen LogP contribution in [0.5, 0.6) is 5.75 Å². The predicted molar refractivity (Wildman–Crippen MR) is 128 cm³/mol. The molecule has 2 aliphatic rings. The van der Waals surface area contributed by atoms with Gasteiger partial charge < -0.3 is 14.2 Å². The molecule has 0 radical (unpaired) electrons. The fourth-order valence-corrected chi connectivity index (χ4v) is 5.54. The molecule has 1 unspecified atom stereocenters. The summed E-state index contributed by atoms with van der Waals surface area (Å²) in [6.07, 6.45) is 3.10. The molecule has 1 atom stereocenters. The molecule has 0 aromatic heterocycles. The summed E-state index contributed by atoms with van der Waals surface area (Å²) < 4.78 is 17.7. The zero-order chi connectivity index (χ0) is 23.3. The lowest BCUT2D eigenvalue weighted by Crippen LogP contribution is -2.42. The summed E-state index contributed by atoms with van der Waals surface area (Å²) in [5, 5.41) is 0. The Morgan fingerprint density at radius 2 is 2.00 bits per heavy atom. The fourth-order valence-electron chi connectivity index (χ4n) is 5.16. The first-order chi connectivity index (χ1) is 16.0. The first-order valence-electron chi connectivity index (χ1n) is 11.5. The Labute approximate surface area is 203 Å². The summed E-state index contributed by atoms with van der Waals surface area (Å²) in [5.41, 5.74) is 3.49. The van der Waals surface area contributed by atoms with Crippen molar-refractivity contribution in [1.29, 1.82) is 0 Å². The van der Waals surface area contributed by atoms with Crippen LogP contribution in [-0.4, -0.2) is 50.2 Å². The van der Waals surface area contributed by atoms with Gasteiger partial charge >= 0.3 is 5.97 Å². The van der Waals surface area contributed by atoms with Crippen LogP contribution in [0.25, 0.3) is 0 Å². The Morgan fingerprint density at radius 1 is 1.21 bits per heavy atom. The third kappa shape index (κ3) is 5.41. The summed E-state index contributed by atoms with van der Waals surface area (Å²) >= 11 is 3.63. The Hall–Kier alpha value is -2.38. The molecule has 0 saturated carbocycles. The third-order valence-corrected chi connectivity index (χ3v) is 7.29. The average molecular weight is 516 g/mol. The van der Waals surface area contributed by atoms with Gasteiger partial charge in [0.15, 0.2) is 0 Å². The maximum Gasteiger partial charge on any atom is 0.310 e. The maximum atomic E-state index is 12.1. The van der Waals surface area contributed by atoms with Crippen LogP contribution >= 0.6 is 15.9 Å². The molecule has 1 spiro atoms. The Morgan fingerprint density at radius 3 is 2.76 bits per heavy atom. The molecule has 1 fully saturated rings. The number of fused-ring (bicyclic) bond motifs is 2. The number of piperidine rings is 1. The third-order valence-electron chi connectivity index (χ3n) is 6.80. The van der Waals surface area contributed by atoms with Crippen molar-refractivity contribution in [3.63, 3.8) is 0 Å². The highest BCUT2D eigenvalue weighted by molar-refractivity contribution is 9.10. The van der Waals surface area contributed by atoms with Crippen molar-refractivity contribution in [3.05, 3.63) is 63.6 Å². The summed E-state index contributed by atoms with van der Waals surface area (Å²) in [4.78, 5) is 24.9. The number of hydrogen-bond acceptors (Lipinski definition) is 6. The first kappa shape index (κ1) is 23.8. The van der Waals surface area contributed by atoms with E-state index in [4.69, 9.17) is 14.2 Å². The van der Waals surface area contributed by atoms with Gasteiger partial charge in [-0.25, -0.2) is 0 Å². The van der Waals surface area contributed by atoms with Gasteiger partial charge in [0.05, 0.1) is 13.0 Å². The molecule has 0 bridgehead atoms. The number of carbonyl (C=O) groups excluding carboxylic acids is 2. The lowest BCUT2D eigenvalue weighted by atomic mass is 9.74. The quantitative estimate of drug-likeness (QED) is 0.276. The normalized spacial score (nSPS) is 19.2. The van der Waals surface area contributed by atoms with Gasteiger partial charge in [-0.1, -0.05) is 40.2 Å². The van der Waals surface area contributed by atoms with Gasteiger partial charge in [-0.2, -0.15) is 0 Å². The molecule has 1 heterocycles. The number of hydrogen-bond donors (Lipinski definition) is 0. The van der Waals surface area contributed by atoms with Gasteiger partial charge in [-0.3, -0.25) is 14.5 Å². The molecule has 176 valence electrons. The molecule has 2 aromatic carbocycles. The summed E-state index contributed by atoms with van der Waals surface area (Å²) in [6, 6.07) is 14.3. The molecule has 7 heteroatoms. The lowest BCUT2D eigenvalue weighted by Gasteiger charge is -2.40. The van der Waals surface area contributed by atoms with Crippen molar-refractivity contribution in [2.24, 2.45) is 0 Å². The molecule has 1 saturated heterocycles. The van der Waals surface area contributed by atoms with E-state index in [9.17, 15) is 9.59 Å². The van der Waals surface area contributed by atoms with Crippen LogP contribution in [-0.2, 0) is 30.9 Å². The molecule has 6 nitrogen and oxygen atoms in total. The van der Waals surface area contributed by atoms with Crippen LogP contribution < -0.4 is 4.74 Å². The van der Waals surface area contributed by atoms with Crippen molar-refractivity contribution in [2.45, 2.75) is 44.1 Å². The number of para-hydroxylation sites is 1. The van der Waals surface area contributed by atoms with E-state index in [1.807, 2.05) is 31.2 Å². The smallest absolute Gasteiger partial charge is 0.310 e. The zero-order valence-electron chi connectivity index (χ0n) is 18.9. The van der Waals surface area contributed by atoms with Gasteiger partial charge in [0.1, 0.15) is 18.5 Å². The largest absolute Gasteiger partial charge is 0.485 e. The van der Waals surface area contributed by atoms with Crippen molar-refractivity contribution in [3.8, 4) is 5.75 Å². The van der Waals surface area contributed by atoms with Gasteiger partial charge in [-0.15, -0.1) is 0 Å². The summed E-state index contributed by atoms with van der Waals surface area (Å²) in [7, 11) is 0. The second-order valence-corrected chi connectivity index (χ2v) is 9.64. The molecular formula is C26H30BrNO5. The minimum atomic E-state index is -0.245. The van der Waals surface area contributed by atoms with Crippen molar-refractivity contribution < 1.29 is 23.8 Å². The van der Waals surface area contributed by atoms with E-state index in [1.54, 1.807) is 0 Å². The first-order valence-corrected chi connectivity index (χ1v) is 12.3. The Kier molecular flexibility index (Phi) is 7.71. The van der Waals surface area contributed by atoms with Crippen LogP contribution in [0.2, 0.25) is 0 Å². The standard InChI is InChI=1S/C26H30BrNO5/c1-2-32-25(30)15-19-5-3-4-6-23(19)33-24-17-26(22-8-7-20(27)16-21(22)24)9-11-28(12-10-26)13-14-31-18-29/h3-8,16,18,24H,2,9-15,17H2,1H3. The number of halogens is 1. The molecule has 1 aliphatic heterocycles. The van der Waals surface area contributed by atoms with E-state index >= 15 is 0 Å². The Balaban J connectivity index is 1.53. The number of ether oxygens (including phenoxy) is 3. The van der Waals surface area contributed by atoms with E-state index in [1.165, 1.54) is 11.1 Å². The zero-order valence-corrected chi connectivity index (χ0v) is 20.5. The number of rotatable bonds is 9. The minimum Gasteiger partial charge on any atom is -0.485 e. The number of esters is 1. The number of likely N-dealkylation sites (tertiary alicyclic amines) is 1. The van der Waals surface area contributed by atoms with Crippen LogP contribution in [0.3, 0.4) is 0 Å². The molecule has 0 amide bonds. The average Bonchev–Trinajstić information content (AvgIpc) is 3.09. The van der Waals surface area contributed by atoms with E-state index < -0.39 is 0 Å². The highest BCUT2D eigenvalue weighted by atomic mass is 79.9. The maximum absolute atomic E-state index is 12.1. The van der Waals surface area contributed by atoms with Crippen LogP contribution in [0.15, 0.2) is 46.9 Å². The second-order valence-electron chi connectivity index (χ2n) is 8.72. The van der Waals surface area contributed by atoms with Crippen molar-refractivity contribution in [1.82, 2.24) is 4.90 Å². The van der Waals surface area contributed by atoms with E-state index in [2.05, 4.69) is 39.0 Å². The van der Waals surface area contributed by atoms with Crippen LogP contribution in [0.4, 0.5) is 0 Å². The van der Waals surface area contributed by atoms with Gasteiger partial charge in [0.25, 0.3) is 6.47 Å². The van der Waals surface area contributed by atoms with Crippen molar-refractivity contribution >= 4 is 28.4 Å². The van der Waals surface area contributed by atoms with Gasteiger partial charge in [0.2, 0.25) is 0 Å². The molecule has 33 heavy (non-hydrogen) atoms. The number of nitrogens with zero attached hydrogens (tertiary/aromatic N) is 1. The highest BCUT2D eigenvalue weighted by Gasteiger charge is 2.46. The van der Waals surface area contributed by atoms with E-state index in [-0.39, 0.29) is 23.9 Å². The van der Waals surface area contributed by atoms with Crippen LogP contribution in [0, 0.1) is 0 Å². The van der Waals surface area contributed by atoms with Crippen molar-refractivity contribution in [2.75, 3.05) is 32.8 Å². The molecular weight excluding hydrogens is 486 g/mol. The van der Waals surface area contributed by atoms with E-state index in [0.717, 1.165) is 54.7 Å². The Bertz CT molecular complexity index is 986. The minimum absolute atomic E-state index is 0.0683. The van der Waals surface area contributed by atoms with E-state index in [0.29, 0.717) is 19.7 Å². The van der Waals surface area contributed by atoms with Gasteiger partial charge in [-0.05, 0) is 68.6 Å². The molecule has 2 aromatic rings. The summed E-state index contributed by atoms with van der Waals surface area (Å²) in [5.74, 6) is 0.493. The van der Waals surface area contributed by atoms with Gasteiger partial charge in [0, 0.05) is 22.0 Å². The number of benzene rings is 2. The molecule has 4 rings (SSSR count). The summed E-state index contributed by atoms with van der Waals surface area (Å²) in [6.45, 7) is 5.82. The fraction of sp³-hybridized carbons (Fsp3) is 0.462. The van der Waals surface area contributed by atoms with Crippen LogP contribution in [0.1, 0.15) is 49.0 Å². The SMILES string of the molecule is CCOC(=O)Cc1ccccc1OC1CC2(CCN(CCOC=O)CC2)c2ccc(Br)cc21. The predicted octanol–water partition coefficient (Wildman–Crippen LogP) is 4.59. The monoisotopic (exact) mass is 515 g/mol. The number of carbonyl (C=O) groups is 2. The molecule has 1 aliphatic carbocycles.